The molecule has 1 amide bonds. The second-order valence-corrected chi connectivity index (χ2v) is 5.73. The molecule has 0 saturated heterocycles. The second kappa shape index (κ2) is 7.38. The number of thiophene rings is 1. The molecule has 5 nitrogen and oxygen atoms in total. The summed E-state index contributed by atoms with van der Waals surface area (Å²) in [6, 6.07) is 1.95. The van der Waals surface area contributed by atoms with Crippen LogP contribution in [0.4, 0.5) is 0 Å². The SMILES string of the molecule is CCCC(C(=O)NCc1cc(Br)cs1)C(N)=NO. The van der Waals surface area contributed by atoms with E-state index in [2.05, 4.69) is 26.4 Å². The van der Waals surface area contributed by atoms with E-state index in [1.54, 1.807) is 11.3 Å². The van der Waals surface area contributed by atoms with E-state index >= 15 is 0 Å². The summed E-state index contributed by atoms with van der Waals surface area (Å²) < 4.78 is 0.998. The number of nitrogens with one attached hydrogen (secondary N) is 1. The first kappa shape index (κ1) is 15.0. The van der Waals surface area contributed by atoms with Crippen LogP contribution in [0.3, 0.4) is 0 Å². The summed E-state index contributed by atoms with van der Waals surface area (Å²) in [5.41, 5.74) is 5.51. The fraction of sp³-hybridized carbons (Fsp3) is 0.455. The van der Waals surface area contributed by atoms with Gasteiger partial charge >= 0.3 is 0 Å². The Kier molecular flexibility index (Phi) is 6.14. The van der Waals surface area contributed by atoms with Gasteiger partial charge < -0.3 is 16.3 Å². The van der Waals surface area contributed by atoms with Crippen molar-refractivity contribution in [1.29, 1.82) is 0 Å². The molecule has 18 heavy (non-hydrogen) atoms. The molecule has 0 fully saturated rings. The maximum atomic E-state index is 11.9. The van der Waals surface area contributed by atoms with Crippen molar-refractivity contribution in [2.24, 2.45) is 16.8 Å². The highest BCUT2D eigenvalue weighted by molar-refractivity contribution is 9.10. The number of rotatable bonds is 6. The van der Waals surface area contributed by atoms with Crippen molar-refractivity contribution in [2.75, 3.05) is 0 Å². The largest absolute Gasteiger partial charge is 0.409 e. The lowest BCUT2D eigenvalue weighted by molar-refractivity contribution is -0.123. The predicted octanol–water partition coefficient (Wildman–Crippen LogP) is 2.29. The molecule has 4 N–H and O–H groups in total. The summed E-state index contributed by atoms with van der Waals surface area (Å²) in [6.45, 7) is 2.40. The van der Waals surface area contributed by atoms with Crippen LogP contribution in [0.5, 0.6) is 0 Å². The Morgan fingerprint density at radius 2 is 2.44 bits per heavy atom. The molecule has 0 spiro atoms. The van der Waals surface area contributed by atoms with Gasteiger partial charge in [-0.25, -0.2) is 0 Å². The highest BCUT2D eigenvalue weighted by Crippen LogP contribution is 2.19. The van der Waals surface area contributed by atoms with Crippen molar-refractivity contribution in [3.05, 3.63) is 20.8 Å². The zero-order valence-electron chi connectivity index (χ0n) is 10.0. The minimum Gasteiger partial charge on any atom is -0.409 e. The maximum absolute atomic E-state index is 11.9. The van der Waals surface area contributed by atoms with Gasteiger partial charge in [0.05, 0.1) is 12.5 Å². The topological polar surface area (TPSA) is 87.7 Å². The smallest absolute Gasteiger partial charge is 0.231 e. The second-order valence-electron chi connectivity index (χ2n) is 3.82. The number of hydrogen-bond donors (Lipinski definition) is 3. The van der Waals surface area contributed by atoms with Crippen LogP contribution in [0.25, 0.3) is 0 Å². The summed E-state index contributed by atoms with van der Waals surface area (Å²) in [5.74, 6) is -0.818. The Bertz CT molecular complexity index is 434. The predicted molar refractivity (Wildman–Crippen MR) is 75.7 cm³/mol. The molecular weight excluding hydrogens is 318 g/mol. The Morgan fingerprint density at radius 1 is 1.72 bits per heavy atom. The monoisotopic (exact) mass is 333 g/mol. The molecule has 1 unspecified atom stereocenters. The molecule has 7 heteroatoms. The van der Waals surface area contributed by atoms with E-state index in [0.717, 1.165) is 15.8 Å². The third kappa shape index (κ3) is 4.30. The van der Waals surface area contributed by atoms with E-state index in [9.17, 15) is 4.79 Å². The molecule has 0 aliphatic rings. The van der Waals surface area contributed by atoms with Crippen molar-refractivity contribution < 1.29 is 10.0 Å². The van der Waals surface area contributed by atoms with E-state index in [1.807, 2.05) is 18.4 Å². The van der Waals surface area contributed by atoms with E-state index in [1.165, 1.54) is 0 Å². The molecule has 1 heterocycles. The zero-order valence-corrected chi connectivity index (χ0v) is 12.4. The summed E-state index contributed by atoms with van der Waals surface area (Å²) >= 11 is 4.91. The average Bonchev–Trinajstić information content (AvgIpc) is 2.78. The highest BCUT2D eigenvalue weighted by Gasteiger charge is 2.21. The number of carbonyl (C=O) groups excluding carboxylic acids is 1. The number of nitrogens with zero attached hydrogens (tertiary/aromatic N) is 1. The van der Waals surface area contributed by atoms with Gasteiger partial charge in [-0.05, 0) is 28.4 Å². The lowest BCUT2D eigenvalue weighted by atomic mass is 10.0. The van der Waals surface area contributed by atoms with Crippen molar-refractivity contribution >= 4 is 39.0 Å². The van der Waals surface area contributed by atoms with Crippen LogP contribution in [0.2, 0.25) is 0 Å². The number of halogens is 1. The number of carbonyl (C=O) groups is 1. The molecule has 0 bridgehead atoms. The molecule has 0 radical (unpaired) electrons. The molecule has 1 atom stereocenters. The first-order valence-electron chi connectivity index (χ1n) is 5.56. The Morgan fingerprint density at radius 3 is 2.94 bits per heavy atom. The molecule has 0 saturated carbocycles. The van der Waals surface area contributed by atoms with E-state index in [-0.39, 0.29) is 11.7 Å². The van der Waals surface area contributed by atoms with Crippen LogP contribution in [0.15, 0.2) is 21.1 Å². The fourth-order valence-corrected chi connectivity index (χ4v) is 2.91. The van der Waals surface area contributed by atoms with Gasteiger partial charge in [0.25, 0.3) is 0 Å². The van der Waals surface area contributed by atoms with Gasteiger partial charge in [-0.3, -0.25) is 4.79 Å². The average molecular weight is 334 g/mol. The van der Waals surface area contributed by atoms with Crippen molar-refractivity contribution in [2.45, 2.75) is 26.3 Å². The minimum atomic E-state index is -0.566. The molecule has 1 aromatic heterocycles. The first-order valence-corrected chi connectivity index (χ1v) is 7.23. The molecule has 0 aromatic carbocycles. The van der Waals surface area contributed by atoms with E-state index in [0.29, 0.717) is 13.0 Å². The van der Waals surface area contributed by atoms with Crippen LogP contribution in [0.1, 0.15) is 24.6 Å². The molecular formula is C11H16BrN3O2S. The normalized spacial score (nSPS) is 13.3. The minimum absolute atomic E-state index is 0.0401. The number of nitrogens with two attached hydrogens (primary N) is 1. The number of amidine groups is 1. The van der Waals surface area contributed by atoms with Gasteiger partial charge in [0.15, 0.2) is 5.84 Å². The standard InChI is InChI=1S/C11H16BrN3O2S/c1-2-3-9(10(13)15-17)11(16)14-5-8-4-7(12)6-18-8/h4,6,9,17H,2-3,5H2,1H3,(H2,13,15)(H,14,16). The molecule has 0 aliphatic carbocycles. The van der Waals surface area contributed by atoms with Gasteiger partial charge in [-0.1, -0.05) is 18.5 Å². The molecule has 0 aliphatic heterocycles. The summed E-state index contributed by atoms with van der Waals surface area (Å²) in [7, 11) is 0. The zero-order chi connectivity index (χ0) is 13.5. The maximum Gasteiger partial charge on any atom is 0.231 e. The fourth-order valence-electron chi connectivity index (χ4n) is 1.52. The van der Waals surface area contributed by atoms with E-state index in [4.69, 9.17) is 10.9 Å². The van der Waals surface area contributed by atoms with Crippen LogP contribution in [-0.2, 0) is 11.3 Å². The molecule has 1 rings (SSSR count). The summed E-state index contributed by atoms with van der Waals surface area (Å²) in [4.78, 5) is 13.0. The molecule has 1 aromatic rings. The van der Waals surface area contributed by atoms with Crippen molar-refractivity contribution in [3.8, 4) is 0 Å². The van der Waals surface area contributed by atoms with Gasteiger partial charge in [0, 0.05) is 14.7 Å². The number of hydrogen-bond acceptors (Lipinski definition) is 4. The Labute approximate surface area is 118 Å². The third-order valence-electron chi connectivity index (χ3n) is 2.42. The van der Waals surface area contributed by atoms with Gasteiger partial charge in [-0.15, -0.1) is 11.3 Å². The van der Waals surface area contributed by atoms with Crippen LogP contribution >= 0.6 is 27.3 Å². The first-order chi connectivity index (χ1) is 8.58. The van der Waals surface area contributed by atoms with Crippen LogP contribution < -0.4 is 11.1 Å². The lowest BCUT2D eigenvalue weighted by Crippen LogP contribution is -2.38. The van der Waals surface area contributed by atoms with E-state index < -0.39 is 5.92 Å². The summed E-state index contributed by atoms with van der Waals surface area (Å²) in [6.07, 6.45) is 1.36. The van der Waals surface area contributed by atoms with Gasteiger partial charge in [0.1, 0.15) is 0 Å². The van der Waals surface area contributed by atoms with Gasteiger partial charge in [0.2, 0.25) is 5.91 Å². The summed E-state index contributed by atoms with van der Waals surface area (Å²) in [5, 5.41) is 16.3. The van der Waals surface area contributed by atoms with Crippen LogP contribution in [-0.4, -0.2) is 17.0 Å². The van der Waals surface area contributed by atoms with Gasteiger partial charge in [-0.2, -0.15) is 0 Å². The number of amides is 1. The lowest BCUT2D eigenvalue weighted by Gasteiger charge is -2.14. The Hall–Kier alpha value is -1.08. The highest BCUT2D eigenvalue weighted by atomic mass is 79.9. The third-order valence-corrected chi connectivity index (χ3v) is 4.12. The Balaban J connectivity index is 2.56. The quantitative estimate of drug-likeness (QED) is 0.323. The van der Waals surface area contributed by atoms with Crippen molar-refractivity contribution in [3.63, 3.8) is 0 Å². The van der Waals surface area contributed by atoms with Crippen molar-refractivity contribution in [1.82, 2.24) is 5.32 Å². The van der Waals surface area contributed by atoms with Crippen LogP contribution in [0, 0.1) is 5.92 Å². The molecule has 100 valence electrons. The number of oxime groups is 1.